The van der Waals surface area contributed by atoms with Crippen LogP contribution in [-0.2, 0) is 12.4 Å². The number of anilines is 3. The van der Waals surface area contributed by atoms with Gasteiger partial charge in [-0.25, -0.2) is 4.98 Å². The SMILES string of the molecule is CC(C)Nc1nc(Nc2ccc(C(F)(F)F)cc2)cc(C(F)(F)F)n1. The van der Waals surface area contributed by atoms with E-state index in [0.29, 0.717) is 6.07 Å². The smallest absolute Gasteiger partial charge is 0.352 e. The van der Waals surface area contributed by atoms with Crippen LogP contribution in [0.2, 0.25) is 0 Å². The van der Waals surface area contributed by atoms with E-state index >= 15 is 0 Å². The summed E-state index contributed by atoms with van der Waals surface area (Å²) < 4.78 is 76.4. The van der Waals surface area contributed by atoms with Gasteiger partial charge in [0.2, 0.25) is 5.95 Å². The summed E-state index contributed by atoms with van der Waals surface area (Å²) in [4.78, 5) is 7.29. The first kappa shape index (κ1) is 18.8. The van der Waals surface area contributed by atoms with Gasteiger partial charge in [0.05, 0.1) is 5.56 Å². The lowest BCUT2D eigenvalue weighted by Gasteiger charge is -2.14. The predicted molar refractivity (Wildman–Crippen MR) is 80.5 cm³/mol. The highest BCUT2D eigenvalue weighted by molar-refractivity contribution is 5.58. The molecule has 1 heterocycles. The Bertz CT molecular complexity index is 722. The summed E-state index contributed by atoms with van der Waals surface area (Å²) >= 11 is 0. The molecule has 0 unspecified atom stereocenters. The number of benzene rings is 1. The fraction of sp³-hybridized carbons (Fsp3) is 0.333. The van der Waals surface area contributed by atoms with Gasteiger partial charge in [-0.15, -0.1) is 0 Å². The van der Waals surface area contributed by atoms with Crippen molar-refractivity contribution in [1.82, 2.24) is 9.97 Å². The number of nitrogens with one attached hydrogen (secondary N) is 2. The minimum atomic E-state index is -4.69. The Labute approximate surface area is 139 Å². The van der Waals surface area contributed by atoms with Gasteiger partial charge in [-0.3, -0.25) is 0 Å². The molecule has 0 aliphatic rings. The van der Waals surface area contributed by atoms with Gasteiger partial charge in [-0.05, 0) is 38.1 Å². The normalized spacial score (nSPS) is 12.4. The second-order valence-electron chi connectivity index (χ2n) is 5.46. The Balaban J connectivity index is 2.31. The van der Waals surface area contributed by atoms with E-state index in [2.05, 4.69) is 20.6 Å². The lowest BCUT2D eigenvalue weighted by molar-refractivity contribution is -0.141. The minimum Gasteiger partial charge on any atom is -0.352 e. The Morgan fingerprint density at radius 1 is 0.880 bits per heavy atom. The maximum absolute atomic E-state index is 12.9. The van der Waals surface area contributed by atoms with E-state index in [1.54, 1.807) is 13.8 Å². The van der Waals surface area contributed by atoms with E-state index in [-0.39, 0.29) is 23.5 Å². The van der Waals surface area contributed by atoms with Crippen LogP contribution in [0.3, 0.4) is 0 Å². The molecule has 1 aromatic carbocycles. The first-order valence-electron chi connectivity index (χ1n) is 7.12. The molecule has 0 saturated heterocycles. The van der Waals surface area contributed by atoms with E-state index in [1.165, 1.54) is 0 Å². The van der Waals surface area contributed by atoms with E-state index in [9.17, 15) is 26.3 Å². The monoisotopic (exact) mass is 364 g/mol. The van der Waals surface area contributed by atoms with Crippen molar-refractivity contribution in [3.63, 3.8) is 0 Å². The zero-order valence-electron chi connectivity index (χ0n) is 13.1. The average molecular weight is 364 g/mol. The van der Waals surface area contributed by atoms with Crippen molar-refractivity contribution in [1.29, 1.82) is 0 Å². The van der Waals surface area contributed by atoms with Crippen molar-refractivity contribution >= 4 is 17.5 Å². The minimum absolute atomic E-state index is 0.162. The number of hydrogen-bond donors (Lipinski definition) is 2. The molecule has 0 radical (unpaired) electrons. The highest BCUT2D eigenvalue weighted by Crippen LogP contribution is 2.32. The molecule has 1 aromatic heterocycles. The van der Waals surface area contributed by atoms with E-state index < -0.39 is 23.6 Å². The second kappa shape index (κ2) is 6.77. The topological polar surface area (TPSA) is 49.8 Å². The third-order valence-electron chi connectivity index (χ3n) is 2.92. The lowest BCUT2D eigenvalue weighted by atomic mass is 10.2. The number of alkyl halides is 6. The predicted octanol–water partition coefficient (Wildman–Crippen LogP) is 5.08. The lowest BCUT2D eigenvalue weighted by Crippen LogP contribution is -2.17. The quantitative estimate of drug-likeness (QED) is 0.743. The van der Waals surface area contributed by atoms with Crippen molar-refractivity contribution in [3.05, 3.63) is 41.6 Å². The van der Waals surface area contributed by atoms with Crippen LogP contribution in [0, 0.1) is 0 Å². The van der Waals surface area contributed by atoms with Crippen molar-refractivity contribution in [3.8, 4) is 0 Å². The maximum Gasteiger partial charge on any atom is 0.433 e. The van der Waals surface area contributed by atoms with Crippen LogP contribution in [0.1, 0.15) is 25.1 Å². The van der Waals surface area contributed by atoms with Crippen LogP contribution in [-0.4, -0.2) is 16.0 Å². The maximum atomic E-state index is 12.9. The molecular weight excluding hydrogens is 350 g/mol. The summed E-state index contributed by atoms with van der Waals surface area (Å²) in [5.41, 5.74) is -1.87. The van der Waals surface area contributed by atoms with Crippen LogP contribution in [0.5, 0.6) is 0 Å². The first-order chi connectivity index (χ1) is 11.4. The van der Waals surface area contributed by atoms with Gasteiger partial charge in [-0.2, -0.15) is 31.3 Å². The van der Waals surface area contributed by atoms with Gasteiger partial charge < -0.3 is 10.6 Å². The van der Waals surface area contributed by atoms with Crippen molar-refractivity contribution in [2.75, 3.05) is 10.6 Å². The Hall–Kier alpha value is -2.52. The summed E-state index contributed by atoms with van der Waals surface area (Å²) in [7, 11) is 0. The van der Waals surface area contributed by atoms with Crippen LogP contribution >= 0.6 is 0 Å². The number of rotatable bonds is 4. The molecule has 0 saturated carbocycles. The molecule has 0 bridgehead atoms. The standard InChI is InChI=1S/C15H14F6N4/c1-8(2)22-13-24-11(15(19,20)21)7-12(25-13)23-10-5-3-9(4-6-10)14(16,17)18/h3-8H,1-2H3,(H2,22,23,24,25). The number of halogens is 6. The molecule has 0 spiro atoms. The molecule has 2 aromatic rings. The third-order valence-corrected chi connectivity index (χ3v) is 2.92. The zero-order valence-corrected chi connectivity index (χ0v) is 13.1. The Morgan fingerprint density at radius 3 is 1.96 bits per heavy atom. The van der Waals surface area contributed by atoms with Gasteiger partial charge in [0, 0.05) is 17.8 Å². The van der Waals surface area contributed by atoms with Crippen LogP contribution in [0.15, 0.2) is 30.3 Å². The van der Waals surface area contributed by atoms with Gasteiger partial charge in [0.15, 0.2) is 5.69 Å². The molecule has 0 amide bonds. The summed E-state index contributed by atoms with van der Waals surface area (Å²) in [5, 5.41) is 5.21. The van der Waals surface area contributed by atoms with E-state index in [1.807, 2.05) is 0 Å². The van der Waals surface area contributed by atoms with Gasteiger partial charge in [0.25, 0.3) is 0 Å². The van der Waals surface area contributed by atoms with Gasteiger partial charge >= 0.3 is 12.4 Å². The van der Waals surface area contributed by atoms with Crippen LogP contribution in [0.4, 0.5) is 43.8 Å². The van der Waals surface area contributed by atoms with Crippen molar-refractivity contribution < 1.29 is 26.3 Å². The highest BCUT2D eigenvalue weighted by atomic mass is 19.4. The van der Waals surface area contributed by atoms with Crippen molar-refractivity contribution in [2.24, 2.45) is 0 Å². The molecule has 2 rings (SSSR count). The third kappa shape index (κ3) is 5.23. The summed E-state index contributed by atoms with van der Waals surface area (Å²) in [5.74, 6) is -0.426. The Kier molecular flexibility index (Phi) is 5.09. The molecule has 4 nitrogen and oxygen atoms in total. The summed E-state index contributed by atoms with van der Waals surface area (Å²) in [6.07, 6.45) is -9.18. The molecular formula is C15H14F6N4. The fourth-order valence-electron chi connectivity index (χ4n) is 1.87. The van der Waals surface area contributed by atoms with E-state index in [0.717, 1.165) is 24.3 Å². The fourth-order valence-corrected chi connectivity index (χ4v) is 1.87. The summed E-state index contributed by atoms with van der Waals surface area (Å²) in [6.45, 7) is 3.40. The molecule has 0 atom stereocenters. The van der Waals surface area contributed by atoms with Gasteiger partial charge in [0.1, 0.15) is 5.82 Å². The molecule has 2 N–H and O–H groups in total. The highest BCUT2D eigenvalue weighted by Gasteiger charge is 2.34. The molecule has 25 heavy (non-hydrogen) atoms. The van der Waals surface area contributed by atoms with Gasteiger partial charge in [-0.1, -0.05) is 0 Å². The zero-order chi connectivity index (χ0) is 18.8. The van der Waals surface area contributed by atoms with Crippen molar-refractivity contribution in [2.45, 2.75) is 32.2 Å². The second-order valence-corrected chi connectivity index (χ2v) is 5.46. The number of aromatic nitrogens is 2. The van der Waals surface area contributed by atoms with Crippen LogP contribution < -0.4 is 10.6 Å². The molecule has 0 aliphatic carbocycles. The average Bonchev–Trinajstić information content (AvgIpc) is 2.45. The molecule has 136 valence electrons. The van der Waals surface area contributed by atoms with Crippen LogP contribution in [0.25, 0.3) is 0 Å². The molecule has 10 heteroatoms. The number of nitrogens with zero attached hydrogens (tertiary/aromatic N) is 2. The van der Waals surface area contributed by atoms with E-state index in [4.69, 9.17) is 0 Å². The molecule has 0 aliphatic heterocycles. The Morgan fingerprint density at radius 2 is 1.48 bits per heavy atom. The molecule has 0 fully saturated rings. The summed E-state index contributed by atoms with van der Waals surface area (Å²) in [6, 6.07) is 4.33. The largest absolute Gasteiger partial charge is 0.433 e. The number of hydrogen-bond acceptors (Lipinski definition) is 4. The first-order valence-corrected chi connectivity index (χ1v) is 7.12.